The summed E-state index contributed by atoms with van der Waals surface area (Å²) >= 11 is 4.88. The molecule has 0 atom stereocenters. The van der Waals surface area contributed by atoms with E-state index in [1.165, 1.54) is 6.07 Å². The molecule has 11 heteroatoms. The quantitative estimate of drug-likeness (QED) is 0.339. The molecule has 0 amide bonds. The van der Waals surface area contributed by atoms with Gasteiger partial charge in [0.25, 0.3) is 5.69 Å². The van der Waals surface area contributed by atoms with Crippen LogP contribution in [0.15, 0.2) is 23.1 Å². The molecule has 0 aliphatic heterocycles. The van der Waals surface area contributed by atoms with Crippen molar-refractivity contribution in [1.82, 2.24) is 10.7 Å². The van der Waals surface area contributed by atoms with Crippen LogP contribution in [-0.4, -0.2) is 25.0 Å². The second-order valence-electron chi connectivity index (χ2n) is 3.59. The Hall–Kier alpha value is -1.98. The van der Waals surface area contributed by atoms with Crippen LogP contribution in [-0.2, 0) is 10.0 Å². The highest BCUT2D eigenvalue weighted by Crippen LogP contribution is 2.26. The van der Waals surface area contributed by atoms with Gasteiger partial charge in [0, 0.05) is 12.6 Å². The molecule has 0 saturated heterocycles. The maximum Gasteiger partial charge on any atom is 0.295 e. The molecule has 0 bridgehead atoms. The standard InChI is InChI=1S/C9H13N5O4S2/c1-2-11-9(19)13-12-7-4-3-6(20(10,17)18)5-8(7)14(15)16/h3-5,12H,2H2,1H3,(H2,10,17,18)(H2,11,13,19). The number of anilines is 1. The van der Waals surface area contributed by atoms with Crippen molar-refractivity contribution < 1.29 is 13.3 Å². The molecule has 0 aliphatic carbocycles. The van der Waals surface area contributed by atoms with Gasteiger partial charge < -0.3 is 5.32 Å². The molecule has 0 heterocycles. The second kappa shape index (κ2) is 6.45. The fourth-order valence-corrected chi connectivity index (χ4v) is 2.00. The van der Waals surface area contributed by atoms with Crippen molar-refractivity contribution in [2.75, 3.05) is 12.0 Å². The number of hydrogen-bond donors (Lipinski definition) is 4. The molecule has 0 saturated carbocycles. The summed E-state index contributed by atoms with van der Waals surface area (Å²) in [7, 11) is -4.01. The molecular weight excluding hydrogens is 306 g/mol. The number of nitrogens with two attached hydrogens (primary N) is 1. The summed E-state index contributed by atoms with van der Waals surface area (Å²) in [4.78, 5) is 9.85. The lowest BCUT2D eigenvalue weighted by molar-refractivity contribution is -0.384. The van der Waals surface area contributed by atoms with Crippen molar-refractivity contribution >= 4 is 38.7 Å². The van der Waals surface area contributed by atoms with Crippen molar-refractivity contribution in [3.05, 3.63) is 28.3 Å². The lowest BCUT2D eigenvalue weighted by Crippen LogP contribution is -2.38. The molecule has 5 N–H and O–H groups in total. The Bertz CT molecular complexity index is 631. The number of hydrazine groups is 1. The van der Waals surface area contributed by atoms with Crippen LogP contribution in [0.2, 0.25) is 0 Å². The number of benzene rings is 1. The number of nitrogens with zero attached hydrogens (tertiary/aromatic N) is 1. The van der Waals surface area contributed by atoms with E-state index in [-0.39, 0.29) is 15.7 Å². The monoisotopic (exact) mass is 319 g/mol. The van der Waals surface area contributed by atoms with Crippen LogP contribution in [0.1, 0.15) is 6.92 Å². The average molecular weight is 319 g/mol. The number of nitro groups is 1. The molecule has 1 aromatic carbocycles. The van der Waals surface area contributed by atoms with E-state index in [0.29, 0.717) is 6.54 Å². The van der Waals surface area contributed by atoms with E-state index < -0.39 is 20.6 Å². The molecule has 9 nitrogen and oxygen atoms in total. The molecular formula is C9H13N5O4S2. The normalized spacial score (nSPS) is 10.7. The first-order valence-corrected chi connectivity index (χ1v) is 7.32. The third kappa shape index (κ3) is 4.29. The lowest BCUT2D eigenvalue weighted by Gasteiger charge is -2.11. The molecule has 1 rings (SSSR count). The number of hydrogen-bond acceptors (Lipinski definition) is 6. The van der Waals surface area contributed by atoms with E-state index in [9.17, 15) is 18.5 Å². The Balaban J connectivity index is 3.03. The predicted octanol–water partition coefficient (Wildman–Crippen LogP) is 0.0531. The summed E-state index contributed by atoms with van der Waals surface area (Å²) in [5.74, 6) is 0. The molecule has 1 aromatic rings. The van der Waals surface area contributed by atoms with E-state index in [0.717, 1.165) is 12.1 Å². The van der Waals surface area contributed by atoms with E-state index in [1.807, 2.05) is 6.92 Å². The van der Waals surface area contributed by atoms with E-state index in [1.54, 1.807) is 0 Å². The Labute approximate surface area is 120 Å². The second-order valence-corrected chi connectivity index (χ2v) is 5.56. The number of thiocarbonyl (C=S) groups is 1. The van der Waals surface area contributed by atoms with Crippen molar-refractivity contribution in [1.29, 1.82) is 0 Å². The van der Waals surface area contributed by atoms with Gasteiger partial charge >= 0.3 is 0 Å². The zero-order valence-corrected chi connectivity index (χ0v) is 12.0. The third-order valence-corrected chi connectivity index (χ3v) is 3.30. The van der Waals surface area contributed by atoms with Crippen LogP contribution >= 0.6 is 12.2 Å². The summed E-state index contributed by atoms with van der Waals surface area (Å²) in [6.45, 7) is 2.41. The lowest BCUT2D eigenvalue weighted by atomic mass is 10.3. The Morgan fingerprint density at radius 2 is 2.15 bits per heavy atom. The first-order chi connectivity index (χ1) is 9.25. The summed E-state index contributed by atoms with van der Waals surface area (Å²) in [5.41, 5.74) is 4.68. The fourth-order valence-electron chi connectivity index (χ4n) is 1.27. The minimum atomic E-state index is -4.01. The summed E-state index contributed by atoms with van der Waals surface area (Å²) < 4.78 is 22.3. The highest BCUT2D eigenvalue weighted by molar-refractivity contribution is 7.89. The van der Waals surface area contributed by atoms with Crippen LogP contribution < -0.4 is 21.3 Å². The van der Waals surface area contributed by atoms with Gasteiger partial charge in [-0.15, -0.1) is 0 Å². The van der Waals surface area contributed by atoms with Crippen LogP contribution in [0.25, 0.3) is 0 Å². The molecule has 0 spiro atoms. The van der Waals surface area contributed by atoms with E-state index in [2.05, 4.69) is 16.2 Å². The number of nitrogens with one attached hydrogen (secondary N) is 3. The Kier molecular flexibility index (Phi) is 5.19. The average Bonchev–Trinajstić information content (AvgIpc) is 2.35. The van der Waals surface area contributed by atoms with E-state index in [4.69, 9.17) is 17.4 Å². The van der Waals surface area contributed by atoms with Gasteiger partial charge in [0.1, 0.15) is 5.69 Å². The minimum Gasteiger partial charge on any atom is -0.362 e. The summed E-state index contributed by atoms with van der Waals surface area (Å²) in [5, 5.41) is 18.9. The predicted molar refractivity (Wildman–Crippen MR) is 77.5 cm³/mol. The van der Waals surface area contributed by atoms with Crippen molar-refractivity contribution in [2.24, 2.45) is 5.14 Å². The molecule has 0 aliphatic rings. The van der Waals surface area contributed by atoms with Crippen LogP contribution in [0.3, 0.4) is 0 Å². The van der Waals surface area contributed by atoms with Gasteiger partial charge in [-0.2, -0.15) is 0 Å². The molecule has 0 unspecified atom stereocenters. The number of rotatable bonds is 5. The van der Waals surface area contributed by atoms with Gasteiger partial charge in [-0.3, -0.25) is 21.0 Å². The minimum absolute atomic E-state index is 0.0580. The van der Waals surface area contributed by atoms with Crippen molar-refractivity contribution in [2.45, 2.75) is 11.8 Å². The van der Waals surface area contributed by atoms with Gasteiger partial charge in [-0.05, 0) is 31.3 Å². The Morgan fingerprint density at radius 1 is 1.50 bits per heavy atom. The number of sulfonamides is 1. The van der Waals surface area contributed by atoms with Crippen LogP contribution in [0, 0.1) is 10.1 Å². The van der Waals surface area contributed by atoms with Crippen molar-refractivity contribution in [3.8, 4) is 0 Å². The Morgan fingerprint density at radius 3 is 2.65 bits per heavy atom. The van der Waals surface area contributed by atoms with Gasteiger partial charge in [-0.25, -0.2) is 13.6 Å². The molecule has 0 aromatic heterocycles. The van der Waals surface area contributed by atoms with Gasteiger partial charge in [0.05, 0.1) is 9.82 Å². The maximum absolute atomic E-state index is 11.2. The topological polar surface area (TPSA) is 139 Å². The summed E-state index contributed by atoms with van der Waals surface area (Å²) in [6.07, 6.45) is 0. The van der Waals surface area contributed by atoms with Gasteiger partial charge in [0.2, 0.25) is 10.0 Å². The largest absolute Gasteiger partial charge is 0.362 e. The van der Waals surface area contributed by atoms with Gasteiger partial charge in [0.15, 0.2) is 5.11 Å². The first-order valence-electron chi connectivity index (χ1n) is 5.36. The van der Waals surface area contributed by atoms with Crippen LogP contribution in [0.5, 0.6) is 0 Å². The fraction of sp³-hybridized carbons (Fsp3) is 0.222. The summed E-state index contributed by atoms with van der Waals surface area (Å²) in [6, 6.07) is 3.25. The number of primary sulfonamides is 1. The maximum atomic E-state index is 11.2. The van der Waals surface area contributed by atoms with Crippen molar-refractivity contribution in [3.63, 3.8) is 0 Å². The van der Waals surface area contributed by atoms with Crippen LogP contribution in [0.4, 0.5) is 11.4 Å². The van der Waals surface area contributed by atoms with Gasteiger partial charge in [-0.1, -0.05) is 0 Å². The zero-order valence-electron chi connectivity index (χ0n) is 10.4. The molecule has 110 valence electrons. The zero-order chi connectivity index (χ0) is 15.3. The van der Waals surface area contributed by atoms with E-state index >= 15 is 0 Å². The highest BCUT2D eigenvalue weighted by Gasteiger charge is 2.19. The first kappa shape index (κ1) is 16.1. The smallest absolute Gasteiger partial charge is 0.295 e. The molecule has 0 radical (unpaired) electrons. The SMILES string of the molecule is CCNC(=S)NNc1ccc(S(N)(=O)=O)cc1[N+](=O)[O-]. The molecule has 20 heavy (non-hydrogen) atoms. The highest BCUT2D eigenvalue weighted by atomic mass is 32.2. The third-order valence-electron chi connectivity index (χ3n) is 2.14. The number of nitro benzene ring substituents is 1. The molecule has 0 fully saturated rings.